The summed E-state index contributed by atoms with van der Waals surface area (Å²) >= 11 is 6.20. The average Bonchev–Trinajstić information content (AvgIpc) is 3.57. The molecule has 0 unspecified atom stereocenters. The quantitative estimate of drug-likeness (QED) is 0.416. The van der Waals surface area contributed by atoms with Gasteiger partial charge in [-0.3, -0.25) is 24.8 Å². The van der Waals surface area contributed by atoms with E-state index in [0.29, 0.717) is 35.9 Å². The zero-order valence-corrected chi connectivity index (χ0v) is 22.3. The molecule has 1 N–H and O–H groups in total. The molecule has 3 amide bonds. The SMILES string of the molecule is CC(C)Oc1cc([N+](=O)[O-])ccc1C1=N[C@@H](C2=CC=CC2)[C@@H](c2ccc(Cl)cc2)N1C(=O)N1CCNC(=O)C1. The van der Waals surface area contributed by atoms with Crippen LogP contribution in [0.1, 0.15) is 37.4 Å². The van der Waals surface area contributed by atoms with Crippen molar-refractivity contribution in [3.8, 4) is 5.75 Å². The minimum Gasteiger partial charge on any atom is -0.490 e. The lowest BCUT2D eigenvalue weighted by molar-refractivity contribution is -0.384. The molecule has 0 spiro atoms. The fourth-order valence-electron chi connectivity index (χ4n) is 5.02. The highest BCUT2D eigenvalue weighted by Gasteiger charge is 2.45. The molecule has 202 valence electrons. The van der Waals surface area contributed by atoms with Crippen molar-refractivity contribution in [2.24, 2.45) is 4.99 Å². The van der Waals surface area contributed by atoms with E-state index in [9.17, 15) is 19.7 Å². The number of nitrogens with zero attached hydrogens (tertiary/aromatic N) is 4. The van der Waals surface area contributed by atoms with E-state index in [-0.39, 0.29) is 36.0 Å². The van der Waals surface area contributed by atoms with Crippen molar-refractivity contribution in [3.63, 3.8) is 0 Å². The van der Waals surface area contributed by atoms with E-state index < -0.39 is 17.0 Å². The zero-order valence-electron chi connectivity index (χ0n) is 21.5. The Balaban J connectivity index is 1.68. The third kappa shape index (κ3) is 5.37. The van der Waals surface area contributed by atoms with Crippen LogP contribution in [0, 0.1) is 10.1 Å². The first-order valence-corrected chi connectivity index (χ1v) is 13.1. The van der Waals surface area contributed by atoms with Crippen LogP contribution in [0.4, 0.5) is 10.5 Å². The maximum atomic E-state index is 14.2. The Morgan fingerprint density at radius 1 is 1.23 bits per heavy atom. The molecule has 39 heavy (non-hydrogen) atoms. The van der Waals surface area contributed by atoms with E-state index in [1.807, 2.05) is 44.2 Å². The summed E-state index contributed by atoms with van der Waals surface area (Å²) in [6, 6.07) is 10.2. The maximum Gasteiger partial charge on any atom is 0.326 e. The number of aliphatic imine (C=N–C) groups is 1. The van der Waals surface area contributed by atoms with Gasteiger partial charge in [0.05, 0.1) is 34.7 Å². The highest BCUT2D eigenvalue weighted by Crippen LogP contribution is 2.42. The van der Waals surface area contributed by atoms with E-state index in [4.69, 9.17) is 21.3 Å². The van der Waals surface area contributed by atoms with Gasteiger partial charge in [-0.1, -0.05) is 42.0 Å². The summed E-state index contributed by atoms with van der Waals surface area (Å²) in [5.74, 6) is 0.337. The van der Waals surface area contributed by atoms with Gasteiger partial charge in [0.15, 0.2) is 0 Å². The van der Waals surface area contributed by atoms with Crippen molar-refractivity contribution < 1.29 is 19.2 Å². The summed E-state index contributed by atoms with van der Waals surface area (Å²) in [7, 11) is 0. The van der Waals surface area contributed by atoms with E-state index in [1.54, 1.807) is 23.1 Å². The van der Waals surface area contributed by atoms with Crippen molar-refractivity contribution in [1.29, 1.82) is 0 Å². The molecule has 0 saturated carbocycles. The minimum absolute atomic E-state index is 0.0829. The number of hydrogen-bond donors (Lipinski definition) is 1. The highest BCUT2D eigenvalue weighted by atomic mass is 35.5. The second kappa shape index (κ2) is 10.9. The van der Waals surface area contributed by atoms with Crippen LogP contribution in [0.5, 0.6) is 5.75 Å². The first-order valence-electron chi connectivity index (χ1n) is 12.7. The van der Waals surface area contributed by atoms with Gasteiger partial charge in [0.25, 0.3) is 5.69 Å². The van der Waals surface area contributed by atoms with E-state index in [1.165, 1.54) is 17.0 Å². The van der Waals surface area contributed by atoms with E-state index in [2.05, 4.69) is 5.32 Å². The number of allylic oxidation sites excluding steroid dienone is 3. The number of nitro benzene ring substituents is 1. The van der Waals surface area contributed by atoms with Crippen LogP contribution in [-0.2, 0) is 4.79 Å². The molecule has 0 bridgehead atoms. The number of halogens is 1. The van der Waals surface area contributed by atoms with Crippen molar-refractivity contribution in [1.82, 2.24) is 15.1 Å². The van der Waals surface area contributed by atoms with Crippen LogP contribution < -0.4 is 10.1 Å². The molecule has 0 aromatic heterocycles. The number of rotatable bonds is 6. The number of urea groups is 1. The third-order valence-electron chi connectivity index (χ3n) is 6.75. The molecule has 0 radical (unpaired) electrons. The fourth-order valence-corrected chi connectivity index (χ4v) is 5.15. The molecule has 5 rings (SSSR count). The van der Waals surface area contributed by atoms with E-state index >= 15 is 0 Å². The molecular formula is C28H28ClN5O5. The van der Waals surface area contributed by atoms with Crippen LogP contribution in [0.15, 0.2) is 71.3 Å². The Kier molecular flexibility index (Phi) is 7.38. The summed E-state index contributed by atoms with van der Waals surface area (Å²) < 4.78 is 6.01. The molecule has 1 fully saturated rings. The number of non-ortho nitro benzene ring substituents is 1. The van der Waals surface area contributed by atoms with Crippen LogP contribution >= 0.6 is 11.6 Å². The number of ether oxygens (including phenoxy) is 1. The summed E-state index contributed by atoms with van der Waals surface area (Å²) in [6.07, 6.45) is 6.38. The number of carbonyl (C=O) groups excluding carboxylic acids is 2. The molecule has 1 aliphatic carbocycles. The molecule has 1 saturated heterocycles. The molecular weight excluding hydrogens is 522 g/mol. The summed E-state index contributed by atoms with van der Waals surface area (Å²) in [4.78, 5) is 45.7. The predicted octanol–water partition coefficient (Wildman–Crippen LogP) is 4.65. The van der Waals surface area contributed by atoms with Crippen LogP contribution in [0.2, 0.25) is 5.02 Å². The minimum atomic E-state index is -0.539. The predicted molar refractivity (Wildman–Crippen MR) is 147 cm³/mol. The number of amidine groups is 1. The van der Waals surface area contributed by atoms with Crippen molar-refractivity contribution in [2.45, 2.75) is 38.5 Å². The van der Waals surface area contributed by atoms with Gasteiger partial charge in [-0.05, 0) is 49.6 Å². The van der Waals surface area contributed by atoms with Crippen LogP contribution in [0.3, 0.4) is 0 Å². The van der Waals surface area contributed by atoms with Crippen molar-refractivity contribution in [3.05, 3.63) is 92.5 Å². The average molecular weight is 550 g/mol. The number of hydrogen-bond acceptors (Lipinski definition) is 6. The van der Waals surface area contributed by atoms with Crippen LogP contribution in [-0.4, -0.2) is 64.3 Å². The zero-order chi connectivity index (χ0) is 27.7. The first kappa shape index (κ1) is 26.4. The third-order valence-corrected chi connectivity index (χ3v) is 7.00. The lowest BCUT2D eigenvalue weighted by Crippen LogP contribution is -2.55. The largest absolute Gasteiger partial charge is 0.490 e. The van der Waals surface area contributed by atoms with Gasteiger partial charge in [0.1, 0.15) is 18.1 Å². The molecule has 2 aromatic rings. The fraction of sp³-hybridized carbons (Fsp3) is 0.321. The number of nitrogens with one attached hydrogen (secondary N) is 1. The molecule has 3 aliphatic rings. The Labute approximate surface area is 230 Å². The molecule has 2 aromatic carbocycles. The smallest absolute Gasteiger partial charge is 0.326 e. The topological polar surface area (TPSA) is 117 Å². The second-order valence-corrected chi connectivity index (χ2v) is 10.2. The molecule has 2 heterocycles. The monoisotopic (exact) mass is 549 g/mol. The lowest BCUT2D eigenvalue weighted by atomic mass is 9.93. The van der Waals surface area contributed by atoms with Crippen LogP contribution in [0.25, 0.3) is 0 Å². The number of carbonyl (C=O) groups is 2. The number of nitro groups is 1. The van der Waals surface area contributed by atoms with Crippen molar-refractivity contribution in [2.75, 3.05) is 19.6 Å². The van der Waals surface area contributed by atoms with Crippen molar-refractivity contribution >= 4 is 35.1 Å². The molecule has 11 heteroatoms. The summed E-state index contributed by atoms with van der Waals surface area (Å²) in [6.45, 7) is 4.24. The second-order valence-electron chi connectivity index (χ2n) is 9.80. The summed E-state index contributed by atoms with van der Waals surface area (Å²) in [5.41, 5.74) is 2.16. The maximum absolute atomic E-state index is 14.2. The Morgan fingerprint density at radius 2 is 2.00 bits per heavy atom. The van der Waals surface area contributed by atoms with Gasteiger partial charge >= 0.3 is 6.03 Å². The lowest BCUT2D eigenvalue weighted by Gasteiger charge is -2.36. The number of amides is 3. The molecule has 2 aliphatic heterocycles. The number of benzene rings is 2. The highest BCUT2D eigenvalue weighted by molar-refractivity contribution is 6.30. The van der Waals surface area contributed by atoms with Gasteiger partial charge in [0.2, 0.25) is 5.91 Å². The van der Waals surface area contributed by atoms with Gasteiger partial charge in [0, 0.05) is 24.2 Å². The summed E-state index contributed by atoms with van der Waals surface area (Å²) in [5, 5.41) is 14.9. The molecule has 2 atom stereocenters. The van der Waals surface area contributed by atoms with Gasteiger partial charge in [-0.2, -0.15) is 0 Å². The Bertz CT molecular complexity index is 1400. The van der Waals surface area contributed by atoms with E-state index in [0.717, 1.165) is 11.1 Å². The Hall–Kier alpha value is -4.18. The normalized spacial score (nSPS) is 20.7. The molecule has 10 nitrogen and oxygen atoms in total. The van der Waals surface area contributed by atoms with Gasteiger partial charge in [-0.15, -0.1) is 0 Å². The standard InChI is InChI=1S/C28H28ClN5O5/c1-17(2)39-23-15-21(34(37)38)11-12-22(23)27-31-25(18-5-3-4-6-18)26(19-7-9-20(29)10-8-19)33(27)28(36)32-14-13-30-24(35)16-32/h3-5,7-12,15,17,25-26H,6,13-14,16H2,1-2H3,(H,30,35)/t25-,26+/m0/s1. The number of piperazine rings is 1. The Morgan fingerprint density at radius 3 is 2.64 bits per heavy atom. The van der Waals surface area contributed by atoms with Gasteiger partial charge < -0.3 is 15.0 Å². The van der Waals surface area contributed by atoms with Gasteiger partial charge in [-0.25, -0.2) is 4.79 Å². The first-order chi connectivity index (χ1) is 18.7.